The third kappa shape index (κ3) is 5.18. The van der Waals surface area contributed by atoms with Crippen molar-refractivity contribution in [3.05, 3.63) is 47.5 Å². The lowest BCUT2D eigenvalue weighted by Crippen LogP contribution is -2.45. The summed E-state index contributed by atoms with van der Waals surface area (Å²) in [6, 6.07) is 10.6. The van der Waals surface area contributed by atoms with Gasteiger partial charge in [-0.1, -0.05) is 12.1 Å². The molecule has 2 N–H and O–H groups in total. The summed E-state index contributed by atoms with van der Waals surface area (Å²) in [5.41, 5.74) is 1.90. The van der Waals surface area contributed by atoms with Crippen molar-refractivity contribution < 1.29 is 27.5 Å². The number of rotatable bonds is 7. The van der Waals surface area contributed by atoms with Gasteiger partial charge in [-0.25, -0.2) is 8.42 Å². The number of hydrogen-bond donors (Lipinski definition) is 2. The van der Waals surface area contributed by atoms with E-state index in [4.69, 9.17) is 9.47 Å². The summed E-state index contributed by atoms with van der Waals surface area (Å²) < 4.78 is 39.1. The maximum atomic E-state index is 13.4. The van der Waals surface area contributed by atoms with E-state index in [9.17, 15) is 18.0 Å². The number of aryl methyl sites for hydroxylation is 1. The molecule has 4 rings (SSSR count). The van der Waals surface area contributed by atoms with Crippen LogP contribution in [0.5, 0.6) is 11.5 Å². The van der Waals surface area contributed by atoms with E-state index in [1.807, 2.05) is 31.2 Å². The van der Waals surface area contributed by atoms with Crippen LogP contribution in [0.4, 0.5) is 5.69 Å². The van der Waals surface area contributed by atoms with E-state index >= 15 is 0 Å². The summed E-state index contributed by atoms with van der Waals surface area (Å²) >= 11 is 0. The normalized spacial score (nSPS) is 18.4. The lowest BCUT2D eigenvalue weighted by molar-refractivity contribution is -0.126. The van der Waals surface area contributed by atoms with Crippen molar-refractivity contribution in [1.29, 1.82) is 0 Å². The first-order valence-electron chi connectivity index (χ1n) is 11.3. The minimum Gasteiger partial charge on any atom is -0.494 e. The van der Waals surface area contributed by atoms with Gasteiger partial charge in [0, 0.05) is 25.7 Å². The molecule has 10 heteroatoms. The maximum absolute atomic E-state index is 13.4. The van der Waals surface area contributed by atoms with Crippen LogP contribution in [0.25, 0.3) is 0 Å². The van der Waals surface area contributed by atoms with Gasteiger partial charge in [0.1, 0.15) is 11.5 Å². The molecule has 1 atom stereocenters. The maximum Gasteiger partial charge on any atom is 0.262 e. The minimum atomic E-state index is -3.84. The van der Waals surface area contributed by atoms with Gasteiger partial charge in [0.25, 0.3) is 5.91 Å². The van der Waals surface area contributed by atoms with E-state index in [0.717, 1.165) is 11.3 Å². The molecule has 0 radical (unpaired) electrons. The fourth-order valence-electron chi connectivity index (χ4n) is 4.21. The first-order valence-corrected chi connectivity index (χ1v) is 12.8. The average Bonchev–Trinajstić information content (AvgIpc) is 2.83. The summed E-state index contributed by atoms with van der Waals surface area (Å²) in [4.78, 5) is 24.5. The quantitative estimate of drug-likeness (QED) is 0.620. The molecule has 0 saturated carbocycles. The smallest absolute Gasteiger partial charge is 0.262 e. The molecule has 34 heavy (non-hydrogen) atoms. The highest BCUT2D eigenvalue weighted by Gasteiger charge is 2.35. The number of nitrogens with zero attached hydrogens (tertiary/aromatic N) is 1. The molecular weight excluding hydrogens is 458 g/mol. The second kappa shape index (κ2) is 10.0. The van der Waals surface area contributed by atoms with Crippen LogP contribution in [0.3, 0.4) is 0 Å². The highest BCUT2D eigenvalue weighted by Crippen LogP contribution is 2.35. The van der Waals surface area contributed by atoms with E-state index in [2.05, 4.69) is 10.6 Å². The van der Waals surface area contributed by atoms with Gasteiger partial charge in [-0.2, -0.15) is 4.31 Å². The summed E-state index contributed by atoms with van der Waals surface area (Å²) in [5.74, 6) is 0.223. The van der Waals surface area contributed by atoms with Crippen molar-refractivity contribution in [1.82, 2.24) is 9.62 Å². The summed E-state index contributed by atoms with van der Waals surface area (Å²) in [6.45, 7) is 4.86. The van der Waals surface area contributed by atoms with Crippen molar-refractivity contribution in [2.24, 2.45) is 5.92 Å². The number of piperidine rings is 1. The molecule has 2 aliphatic rings. The highest BCUT2D eigenvalue weighted by molar-refractivity contribution is 7.89. The van der Waals surface area contributed by atoms with Crippen LogP contribution >= 0.6 is 0 Å². The second-order valence-corrected chi connectivity index (χ2v) is 10.4. The van der Waals surface area contributed by atoms with Crippen LogP contribution in [-0.4, -0.2) is 50.8 Å². The van der Waals surface area contributed by atoms with Crippen molar-refractivity contribution in [3.8, 4) is 11.5 Å². The number of nitrogens with one attached hydrogen (secondary N) is 2. The van der Waals surface area contributed by atoms with Crippen LogP contribution < -0.4 is 20.1 Å². The Hall–Kier alpha value is -3.11. The fourth-order valence-corrected chi connectivity index (χ4v) is 5.96. The number of fused-ring (bicyclic) bond motifs is 1. The second-order valence-electron chi connectivity index (χ2n) is 8.45. The van der Waals surface area contributed by atoms with Crippen LogP contribution in [0.15, 0.2) is 41.3 Å². The zero-order chi connectivity index (χ0) is 24.3. The van der Waals surface area contributed by atoms with E-state index in [0.29, 0.717) is 49.5 Å². The molecule has 0 spiro atoms. The van der Waals surface area contributed by atoms with Gasteiger partial charge >= 0.3 is 0 Å². The Labute approximate surface area is 199 Å². The van der Waals surface area contributed by atoms with Crippen molar-refractivity contribution >= 4 is 27.5 Å². The molecular formula is C24H29N3O6S. The number of carbonyl (C=O) groups is 2. The number of hydrogen-bond acceptors (Lipinski definition) is 6. The molecule has 2 amide bonds. The van der Waals surface area contributed by atoms with Gasteiger partial charge in [0.2, 0.25) is 15.9 Å². The summed E-state index contributed by atoms with van der Waals surface area (Å²) in [5, 5.41) is 5.61. The molecule has 2 heterocycles. The Balaban J connectivity index is 1.42. The van der Waals surface area contributed by atoms with E-state index in [1.54, 1.807) is 13.0 Å². The topological polar surface area (TPSA) is 114 Å². The predicted octanol–water partition coefficient (Wildman–Crippen LogP) is 2.44. The molecule has 0 aliphatic carbocycles. The number of benzene rings is 2. The van der Waals surface area contributed by atoms with E-state index in [-0.39, 0.29) is 29.9 Å². The number of carbonyl (C=O) groups excluding carboxylic acids is 2. The summed E-state index contributed by atoms with van der Waals surface area (Å²) in [7, 11) is -3.84. The Morgan fingerprint density at radius 2 is 2.03 bits per heavy atom. The zero-order valence-electron chi connectivity index (χ0n) is 19.3. The monoisotopic (exact) mass is 487 g/mol. The Kier molecular flexibility index (Phi) is 7.08. The lowest BCUT2D eigenvalue weighted by Gasteiger charge is -2.32. The van der Waals surface area contributed by atoms with Gasteiger partial charge in [-0.05, 0) is 56.0 Å². The average molecular weight is 488 g/mol. The SMILES string of the molecule is CCOc1ccc(CNC(=O)[C@@H]2CCCN(S(=O)(=O)c3cc4c(cc3C)NC(=O)CO4)C2)cc1. The summed E-state index contributed by atoms with van der Waals surface area (Å²) in [6.07, 6.45) is 1.22. The third-order valence-corrected chi connectivity index (χ3v) is 7.99. The predicted molar refractivity (Wildman–Crippen MR) is 126 cm³/mol. The number of amides is 2. The third-order valence-electron chi connectivity index (χ3n) is 5.98. The molecule has 2 aliphatic heterocycles. The highest BCUT2D eigenvalue weighted by atomic mass is 32.2. The van der Waals surface area contributed by atoms with Crippen molar-refractivity contribution in [3.63, 3.8) is 0 Å². The molecule has 1 saturated heterocycles. The zero-order valence-corrected chi connectivity index (χ0v) is 20.1. The lowest BCUT2D eigenvalue weighted by atomic mass is 9.99. The Morgan fingerprint density at radius 1 is 1.26 bits per heavy atom. The van der Waals surface area contributed by atoms with Crippen LogP contribution in [0, 0.1) is 12.8 Å². The standard InChI is InChI=1S/C24H29N3O6S/c1-3-32-19-8-6-17(7-9-19)13-25-24(29)18-5-4-10-27(14-18)34(30,31)22-12-21-20(11-16(22)2)26-23(28)15-33-21/h6-9,11-12,18H,3-5,10,13-15H2,1-2H3,(H,25,29)(H,26,28)/t18-/m1/s1. The van der Waals surface area contributed by atoms with Gasteiger partial charge in [0.05, 0.1) is 23.1 Å². The number of ether oxygens (including phenoxy) is 2. The molecule has 0 bridgehead atoms. The van der Waals surface area contributed by atoms with Crippen molar-refractivity contribution in [2.75, 3.05) is 31.6 Å². The van der Waals surface area contributed by atoms with E-state index < -0.39 is 15.9 Å². The number of sulfonamides is 1. The largest absolute Gasteiger partial charge is 0.494 e. The van der Waals surface area contributed by atoms with Gasteiger partial charge in [-0.3, -0.25) is 9.59 Å². The molecule has 0 unspecified atom stereocenters. The molecule has 182 valence electrons. The molecule has 2 aromatic rings. The van der Waals surface area contributed by atoms with Gasteiger partial charge in [0.15, 0.2) is 6.61 Å². The minimum absolute atomic E-state index is 0.117. The Morgan fingerprint density at radius 3 is 2.76 bits per heavy atom. The number of anilines is 1. The van der Waals surface area contributed by atoms with Crippen LogP contribution in [0.2, 0.25) is 0 Å². The molecule has 2 aromatic carbocycles. The molecule has 9 nitrogen and oxygen atoms in total. The first-order chi connectivity index (χ1) is 16.3. The van der Waals surface area contributed by atoms with Crippen LogP contribution in [-0.2, 0) is 26.2 Å². The van der Waals surface area contributed by atoms with Gasteiger partial charge < -0.3 is 20.1 Å². The van der Waals surface area contributed by atoms with Crippen LogP contribution in [0.1, 0.15) is 30.9 Å². The molecule has 0 aromatic heterocycles. The van der Waals surface area contributed by atoms with Crippen molar-refractivity contribution in [2.45, 2.75) is 38.1 Å². The fraction of sp³-hybridized carbons (Fsp3) is 0.417. The van der Waals surface area contributed by atoms with Gasteiger partial charge in [-0.15, -0.1) is 0 Å². The molecule has 1 fully saturated rings. The first kappa shape index (κ1) is 24.0. The Bertz CT molecular complexity index is 1180. The van der Waals surface area contributed by atoms with E-state index in [1.165, 1.54) is 10.4 Å².